The van der Waals surface area contributed by atoms with Crippen molar-refractivity contribution >= 4 is 29.0 Å². The molecular weight excluding hydrogens is 563 g/mol. The molecule has 5 rings (SSSR count). The van der Waals surface area contributed by atoms with E-state index in [-0.39, 0.29) is 12.4 Å². The van der Waals surface area contributed by atoms with Crippen molar-refractivity contribution in [1.82, 2.24) is 9.97 Å². The summed E-state index contributed by atoms with van der Waals surface area (Å²) in [7, 11) is 1.31. The van der Waals surface area contributed by atoms with Gasteiger partial charge < -0.3 is 23.9 Å². The quantitative estimate of drug-likeness (QED) is 0.170. The third-order valence-corrected chi connectivity index (χ3v) is 7.50. The number of aromatic amines is 1. The second-order valence-electron chi connectivity index (χ2n) is 11.8. The Labute approximate surface area is 256 Å². The van der Waals surface area contributed by atoms with E-state index in [2.05, 4.69) is 4.98 Å². The Bertz CT molecular complexity index is 1740. The van der Waals surface area contributed by atoms with Gasteiger partial charge in [0.2, 0.25) is 0 Å². The molecule has 0 aliphatic carbocycles. The molecule has 0 spiro atoms. The molecule has 2 aromatic heterocycles. The summed E-state index contributed by atoms with van der Waals surface area (Å²) in [5, 5.41) is 0.633. The summed E-state index contributed by atoms with van der Waals surface area (Å²) in [6.45, 7) is 9.87. The number of methoxy groups -OCH3 is 1. The molecule has 0 bridgehead atoms. The molecule has 8 nitrogen and oxygen atoms in total. The van der Waals surface area contributed by atoms with Gasteiger partial charge in [-0.05, 0) is 82.4 Å². The summed E-state index contributed by atoms with van der Waals surface area (Å²) in [6, 6.07) is 12.7. The number of aromatic nitrogens is 2. The van der Waals surface area contributed by atoms with Crippen LogP contribution in [-0.2, 0) is 36.8 Å². The molecule has 1 atom stereocenters. The Kier molecular flexibility index (Phi) is 8.87. The average Bonchev–Trinajstić information content (AvgIpc) is 3.41. The second-order valence-corrected chi connectivity index (χ2v) is 11.8. The predicted octanol–water partition coefficient (Wildman–Crippen LogP) is 7.10. The minimum absolute atomic E-state index is 0.153. The Balaban J connectivity index is 1.65. The van der Waals surface area contributed by atoms with Gasteiger partial charge >= 0.3 is 11.9 Å². The highest BCUT2D eigenvalue weighted by atomic mass is 19.1. The molecule has 0 amide bonds. The van der Waals surface area contributed by atoms with Crippen LogP contribution in [0.1, 0.15) is 66.9 Å². The number of carbonyl (C=O) groups excluding carboxylic acids is 2. The smallest absolute Gasteiger partial charge is 0.339 e. The number of ether oxygens (including phenoxy) is 4. The molecule has 0 radical (unpaired) electrons. The molecule has 0 saturated heterocycles. The summed E-state index contributed by atoms with van der Waals surface area (Å²) in [6.07, 6.45) is 3.24. The highest BCUT2D eigenvalue weighted by molar-refractivity contribution is 6.00. The van der Waals surface area contributed by atoms with Gasteiger partial charge in [0.25, 0.3) is 0 Å². The fraction of sp³-hybridized carbons (Fsp3) is 0.343. The van der Waals surface area contributed by atoms with E-state index in [0.717, 1.165) is 23.1 Å². The number of hydrogen-bond donors (Lipinski definition) is 1. The zero-order valence-corrected chi connectivity index (χ0v) is 25.9. The van der Waals surface area contributed by atoms with Gasteiger partial charge in [0.05, 0.1) is 19.3 Å². The molecule has 2 aromatic carbocycles. The van der Waals surface area contributed by atoms with E-state index >= 15 is 4.39 Å². The Morgan fingerprint density at radius 3 is 2.61 bits per heavy atom. The van der Waals surface area contributed by atoms with Gasteiger partial charge in [-0.15, -0.1) is 0 Å². The Morgan fingerprint density at radius 1 is 1.16 bits per heavy atom. The molecule has 3 heterocycles. The molecule has 1 unspecified atom stereocenters. The summed E-state index contributed by atoms with van der Waals surface area (Å²) in [5.41, 5.74) is 5.08. The standard InChI is InChI=1S/C35H37FN2O6/c1-20-24-13-10-16-42-31(24)27(36)18-25(20)30-26-17-23(14-15-28(39)43-19-22-11-8-7-9-12-22)38-33(26)37-21(2)29(30)32(34(40)41-6)44-35(3,4)5/h7-9,11-12,14-15,17-18,32H,10,13,16,19H2,1-6H3,(H,37,38)/b15-14+. The third-order valence-electron chi connectivity index (χ3n) is 7.50. The van der Waals surface area contributed by atoms with Gasteiger partial charge in [0.1, 0.15) is 12.3 Å². The fourth-order valence-corrected chi connectivity index (χ4v) is 5.54. The lowest BCUT2D eigenvalue weighted by atomic mass is 9.86. The van der Waals surface area contributed by atoms with Gasteiger partial charge in [-0.3, -0.25) is 0 Å². The summed E-state index contributed by atoms with van der Waals surface area (Å²) < 4.78 is 38.1. The van der Waals surface area contributed by atoms with Crippen molar-refractivity contribution < 1.29 is 32.9 Å². The number of halogens is 1. The third kappa shape index (κ3) is 6.53. The van der Waals surface area contributed by atoms with E-state index < -0.39 is 29.5 Å². The van der Waals surface area contributed by atoms with Crippen LogP contribution >= 0.6 is 0 Å². The normalized spacial score (nSPS) is 13.9. The van der Waals surface area contributed by atoms with Crippen molar-refractivity contribution in [3.63, 3.8) is 0 Å². The van der Waals surface area contributed by atoms with Crippen LogP contribution in [0, 0.1) is 19.7 Å². The first-order valence-corrected chi connectivity index (χ1v) is 14.6. The highest BCUT2D eigenvalue weighted by Crippen LogP contribution is 2.44. The molecular formula is C35H37FN2O6. The van der Waals surface area contributed by atoms with Crippen molar-refractivity contribution in [2.45, 2.75) is 65.8 Å². The number of benzene rings is 2. The minimum atomic E-state index is -1.14. The molecule has 1 aliphatic heterocycles. The second kappa shape index (κ2) is 12.6. The number of H-pyrrole nitrogens is 1. The SMILES string of the molecule is COC(=O)C(OC(C)(C)C)c1c(C)nc2[nH]c(/C=C/C(=O)OCc3ccccc3)cc2c1-c1cc(F)c2c(c1C)CCCO2. The van der Waals surface area contributed by atoms with Gasteiger partial charge in [-0.1, -0.05) is 30.3 Å². The number of nitrogens with zero attached hydrogens (tertiary/aromatic N) is 1. The topological polar surface area (TPSA) is 99.7 Å². The number of rotatable bonds is 8. The number of carbonyl (C=O) groups is 2. The molecule has 44 heavy (non-hydrogen) atoms. The molecule has 230 valence electrons. The van der Waals surface area contributed by atoms with E-state index in [1.54, 1.807) is 13.0 Å². The largest absolute Gasteiger partial charge is 0.490 e. The van der Waals surface area contributed by atoms with E-state index in [4.69, 9.17) is 23.9 Å². The van der Waals surface area contributed by atoms with Crippen molar-refractivity contribution in [1.29, 1.82) is 0 Å². The Hall–Kier alpha value is -4.50. The average molecular weight is 601 g/mol. The lowest BCUT2D eigenvalue weighted by Gasteiger charge is -2.29. The summed E-state index contributed by atoms with van der Waals surface area (Å²) >= 11 is 0. The molecule has 1 N–H and O–H groups in total. The Morgan fingerprint density at radius 2 is 1.91 bits per heavy atom. The van der Waals surface area contributed by atoms with Crippen LogP contribution in [0.2, 0.25) is 0 Å². The first kappa shape index (κ1) is 30.9. The summed E-state index contributed by atoms with van der Waals surface area (Å²) in [5.74, 6) is -1.31. The maximum Gasteiger partial charge on any atom is 0.339 e. The zero-order valence-electron chi connectivity index (χ0n) is 25.9. The van der Waals surface area contributed by atoms with E-state index in [9.17, 15) is 9.59 Å². The van der Waals surface area contributed by atoms with Gasteiger partial charge in [0, 0.05) is 39.5 Å². The monoisotopic (exact) mass is 600 g/mol. The van der Waals surface area contributed by atoms with Crippen molar-refractivity contribution in [3.8, 4) is 16.9 Å². The van der Waals surface area contributed by atoms with E-state index in [1.165, 1.54) is 19.3 Å². The fourth-order valence-electron chi connectivity index (χ4n) is 5.54. The lowest BCUT2D eigenvalue weighted by molar-refractivity contribution is -0.164. The number of fused-ring (bicyclic) bond motifs is 2. The van der Waals surface area contributed by atoms with Gasteiger partial charge in [-0.2, -0.15) is 0 Å². The van der Waals surface area contributed by atoms with Crippen LogP contribution < -0.4 is 4.74 Å². The van der Waals surface area contributed by atoms with E-state index in [0.29, 0.717) is 52.1 Å². The van der Waals surface area contributed by atoms with Crippen LogP contribution in [-0.4, -0.2) is 41.2 Å². The number of esters is 2. The molecule has 0 fully saturated rings. The van der Waals surface area contributed by atoms with Crippen molar-refractivity contribution in [2.75, 3.05) is 13.7 Å². The number of aryl methyl sites for hydroxylation is 1. The highest BCUT2D eigenvalue weighted by Gasteiger charge is 2.34. The molecule has 1 aliphatic rings. The van der Waals surface area contributed by atoms with Crippen LogP contribution in [0.5, 0.6) is 5.75 Å². The number of hydrogen-bond acceptors (Lipinski definition) is 7. The zero-order chi connectivity index (χ0) is 31.6. The first-order valence-electron chi connectivity index (χ1n) is 14.6. The molecule has 0 saturated carbocycles. The van der Waals surface area contributed by atoms with Gasteiger partial charge in [0.15, 0.2) is 17.7 Å². The minimum Gasteiger partial charge on any atom is -0.490 e. The van der Waals surface area contributed by atoms with E-state index in [1.807, 2.05) is 64.1 Å². The van der Waals surface area contributed by atoms with Crippen molar-refractivity contribution in [2.24, 2.45) is 0 Å². The van der Waals surface area contributed by atoms with Crippen molar-refractivity contribution in [3.05, 3.63) is 88.0 Å². The lowest BCUT2D eigenvalue weighted by Crippen LogP contribution is -2.29. The number of nitrogens with one attached hydrogen (secondary N) is 1. The maximum atomic E-state index is 15.6. The van der Waals surface area contributed by atoms with Crippen LogP contribution in [0.4, 0.5) is 4.39 Å². The predicted molar refractivity (Wildman–Crippen MR) is 166 cm³/mol. The van der Waals surface area contributed by atoms with Crippen LogP contribution in [0.15, 0.2) is 48.5 Å². The first-order chi connectivity index (χ1) is 21.0. The van der Waals surface area contributed by atoms with Crippen LogP contribution in [0.3, 0.4) is 0 Å². The van der Waals surface area contributed by atoms with Crippen LogP contribution in [0.25, 0.3) is 28.2 Å². The number of pyridine rings is 1. The molecule has 4 aromatic rings. The maximum absolute atomic E-state index is 15.6. The molecule has 9 heteroatoms. The van der Waals surface area contributed by atoms with Gasteiger partial charge in [-0.25, -0.2) is 19.0 Å². The summed E-state index contributed by atoms with van der Waals surface area (Å²) in [4.78, 5) is 33.8.